The number of rotatable bonds is 6. The summed E-state index contributed by atoms with van der Waals surface area (Å²) in [5.74, 6) is 0.493. The zero-order valence-electron chi connectivity index (χ0n) is 16.8. The predicted octanol–water partition coefficient (Wildman–Crippen LogP) is 2.30. The van der Waals surface area contributed by atoms with Crippen LogP contribution in [0.1, 0.15) is 23.0 Å². The molecule has 1 aliphatic rings. The zero-order chi connectivity index (χ0) is 20.6. The topological polar surface area (TPSA) is 84.0 Å². The Morgan fingerprint density at radius 1 is 1.10 bits per heavy atom. The summed E-state index contributed by atoms with van der Waals surface area (Å²) in [6, 6.07) is 11.1. The molecule has 0 saturated carbocycles. The second kappa shape index (κ2) is 9.77. The molecule has 2 heterocycles. The molecule has 1 aliphatic heterocycles. The lowest BCUT2D eigenvalue weighted by Crippen LogP contribution is -2.49. The number of carbonyl (C=O) groups excluding carboxylic acids is 2. The van der Waals surface area contributed by atoms with Gasteiger partial charge in [-0.1, -0.05) is 18.2 Å². The van der Waals surface area contributed by atoms with Gasteiger partial charge >= 0.3 is 6.09 Å². The highest BCUT2D eigenvalue weighted by atomic mass is 16.6. The summed E-state index contributed by atoms with van der Waals surface area (Å²) in [5, 5.41) is 2.87. The van der Waals surface area contributed by atoms with Gasteiger partial charge < -0.3 is 24.6 Å². The highest BCUT2D eigenvalue weighted by Crippen LogP contribution is 2.18. The molecule has 2 aromatic rings. The van der Waals surface area contributed by atoms with Gasteiger partial charge in [0.1, 0.15) is 11.4 Å². The number of benzene rings is 1. The Bertz CT molecular complexity index is 833. The molecule has 8 heteroatoms. The van der Waals surface area contributed by atoms with Crippen LogP contribution in [-0.2, 0) is 11.3 Å². The smallest absolute Gasteiger partial charge is 0.409 e. The van der Waals surface area contributed by atoms with Crippen LogP contribution >= 0.6 is 0 Å². The Labute approximate surface area is 170 Å². The third kappa shape index (κ3) is 5.16. The summed E-state index contributed by atoms with van der Waals surface area (Å²) in [7, 11) is 1.60. The van der Waals surface area contributed by atoms with Gasteiger partial charge in [0.2, 0.25) is 0 Å². The Morgan fingerprint density at radius 2 is 1.86 bits per heavy atom. The van der Waals surface area contributed by atoms with Crippen molar-refractivity contribution >= 4 is 17.7 Å². The van der Waals surface area contributed by atoms with Gasteiger partial charge in [0.15, 0.2) is 0 Å². The molecule has 8 nitrogen and oxygen atoms in total. The molecule has 3 rings (SSSR count). The fourth-order valence-corrected chi connectivity index (χ4v) is 3.18. The number of nitrogens with zero attached hydrogens (tertiary/aromatic N) is 3. The van der Waals surface area contributed by atoms with Gasteiger partial charge in [-0.2, -0.15) is 0 Å². The van der Waals surface area contributed by atoms with Crippen LogP contribution in [0.5, 0.6) is 5.75 Å². The number of pyridine rings is 1. The minimum atomic E-state index is -0.271. The zero-order valence-corrected chi connectivity index (χ0v) is 16.8. The third-order valence-electron chi connectivity index (χ3n) is 4.78. The monoisotopic (exact) mass is 398 g/mol. The van der Waals surface area contributed by atoms with Gasteiger partial charge in [0.25, 0.3) is 5.91 Å². The summed E-state index contributed by atoms with van der Waals surface area (Å²) in [4.78, 5) is 32.3. The molecule has 154 valence electrons. The Hall–Kier alpha value is -3.29. The minimum absolute atomic E-state index is 0.241. The molecule has 0 atom stereocenters. The normalized spacial score (nSPS) is 13.7. The highest BCUT2D eigenvalue weighted by Gasteiger charge is 2.22. The summed E-state index contributed by atoms with van der Waals surface area (Å²) in [6.07, 6.45) is 1.42. The number of ether oxygens (including phenoxy) is 2. The van der Waals surface area contributed by atoms with Gasteiger partial charge in [0, 0.05) is 38.3 Å². The largest absolute Gasteiger partial charge is 0.496 e. The molecule has 0 radical (unpaired) electrons. The average molecular weight is 398 g/mol. The number of methoxy groups -OCH3 is 1. The van der Waals surface area contributed by atoms with E-state index in [1.54, 1.807) is 31.2 Å². The van der Waals surface area contributed by atoms with E-state index in [0.29, 0.717) is 45.0 Å². The molecular formula is C21H26N4O4. The van der Waals surface area contributed by atoms with Gasteiger partial charge in [-0.3, -0.25) is 4.79 Å². The third-order valence-corrected chi connectivity index (χ3v) is 4.78. The lowest BCUT2D eigenvalue weighted by molar-refractivity contribution is 0.0945. The Kier molecular flexibility index (Phi) is 6.89. The molecular weight excluding hydrogens is 372 g/mol. The summed E-state index contributed by atoms with van der Waals surface area (Å²) >= 11 is 0. The first-order chi connectivity index (χ1) is 14.1. The highest BCUT2D eigenvalue weighted by molar-refractivity contribution is 5.92. The number of hydrogen-bond donors (Lipinski definition) is 1. The van der Waals surface area contributed by atoms with E-state index in [1.807, 2.05) is 30.3 Å². The van der Waals surface area contributed by atoms with Crippen molar-refractivity contribution < 1.29 is 19.1 Å². The molecule has 0 unspecified atom stereocenters. The van der Waals surface area contributed by atoms with Crippen LogP contribution in [0.25, 0.3) is 0 Å². The molecule has 2 amide bonds. The molecule has 1 aromatic heterocycles. The van der Waals surface area contributed by atoms with Crippen LogP contribution in [0.4, 0.5) is 10.5 Å². The van der Waals surface area contributed by atoms with E-state index >= 15 is 0 Å². The summed E-state index contributed by atoms with van der Waals surface area (Å²) < 4.78 is 10.3. The SMILES string of the molecule is CCOC(=O)N1CCN(c2ccc(C(=O)NCc3ccccc3OC)nc2)CC1. The number of nitrogens with one attached hydrogen (secondary N) is 1. The maximum Gasteiger partial charge on any atom is 0.409 e. The predicted molar refractivity (Wildman–Crippen MR) is 109 cm³/mol. The first-order valence-corrected chi connectivity index (χ1v) is 9.65. The van der Waals surface area contributed by atoms with Gasteiger partial charge in [-0.15, -0.1) is 0 Å². The number of amides is 2. The fourth-order valence-electron chi connectivity index (χ4n) is 3.18. The van der Waals surface area contributed by atoms with Crippen LogP contribution in [-0.4, -0.2) is 61.8 Å². The number of aromatic nitrogens is 1. The van der Waals surface area contributed by atoms with Crippen LogP contribution < -0.4 is 15.0 Å². The first kappa shape index (κ1) is 20.4. The van der Waals surface area contributed by atoms with Gasteiger partial charge in [0.05, 0.1) is 25.6 Å². The van der Waals surface area contributed by atoms with E-state index in [4.69, 9.17) is 9.47 Å². The second-order valence-corrected chi connectivity index (χ2v) is 6.57. The number of carbonyl (C=O) groups is 2. The second-order valence-electron chi connectivity index (χ2n) is 6.57. The van der Waals surface area contributed by atoms with E-state index in [9.17, 15) is 9.59 Å². The lowest BCUT2D eigenvalue weighted by Gasteiger charge is -2.35. The van der Waals surface area contributed by atoms with E-state index in [2.05, 4.69) is 15.2 Å². The minimum Gasteiger partial charge on any atom is -0.496 e. The number of para-hydroxylation sites is 1. The van der Waals surface area contributed by atoms with Crippen molar-refractivity contribution in [1.29, 1.82) is 0 Å². The van der Waals surface area contributed by atoms with Crippen molar-refractivity contribution in [2.24, 2.45) is 0 Å². The van der Waals surface area contributed by atoms with E-state index in [-0.39, 0.29) is 12.0 Å². The van der Waals surface area contributed by atoms with Crippen LogP contribution in [0.2, 0.25) is 0 Å². The van der Waals surface area contributed by atoms with Crippen molar-refractivity contribution in [3.63, 3.8) is 0 Å². The van der Waals surface area contributed by atoms with Crippen molar-refractivity contribution in [3.05, 3.63) is 53.9 Å². The maximum atomic E-state index is 12.4. The van der Waals surface area contributed by atoms with Crippen LogP contribution in [0.15, 0.2) is 42.6 Å². The van der Waals surface area contributed by atoms with E-state index in [1.165, 1.54) is 0 Å². The van der Waals surface area contributed by atoms with E-state index in [0.717, 1.165) is 17.0 Å². The first-order valence-electron chi connectivity index (χ1n) is 9.65. The molecule has 1 fully saturated rings. The van der Waals surface area contributed by atoms with Crippen molar-refractivity contribution in [1.82, 2.24) is 15.2 Å². The molecule has 1 aromatic carbocycles. The molecule has 0 bridgehead atoms. The Morgan fingerprint density at radius 3 is 2.52 bits per heavy atom. The molecule has 29 heavy (non-hydrogen) atoms. The Balaban J connectivity index is 1.53. The van der Waals surface area contributed by atoms with Crippen molar-refractivity contribution in [3.8, 4) is 5.75 Å². The average Bonchev–Trinajstić information content (AvgIpc) is 2.78. The standard InChI is InChI=1S/C21H26N4O4/c1-3-29-21(27)25-12-10-24(11-13-25)17-8-9-18(22-15-17)20(26)23-14-16-6-4-5-7-19(16)28-2/h4-9,15H,3,10-14H2,1-2H3,(H,23,26). The lowest BCUT2D eigenvalue weighted by atomic mass is 10.2. The van der Waals surface area contributed by atoms with Gasteiger partial charge in [-0.25, -0.2) is 9.78 Å². The summed E-state index contributed by atoms with van der Waals surface area (Å²) in [6.45, 7) is 5.12. The van der Waals surface area contributed by atoms with Crippen molar-refractivity contribution in [2.75, 3.05) is 44.8 Å². The van der Waals surface area contributed by atoms with Crippen molar-refractivity contribution in [2.45, 2.75) is 13.5 Å². The van der Waals surface area contributed by atoms with Crippen LogP contribution in [0.3, 0.4) is 0 Å². The van der Waals surface area contributed by atoms with E-state index < -0.39 is 0 Å². The maximum absolute atomic E-state index is 12.4. The molecule has 0 spiro atoms. The number of anilines is 1. The molecule has 1 N–H and O–H groups in total. The number of piperazine rings is 1. The summed E-state index contributed by atoms with van der Waals surface area (Å²) in [5.41, 5.74) is 2.18. The number of hydrogen-bond acceptors (Lipinski definition) is 6. The molecule has 0 aliphatic carbocycles. The van der Waals surface area contributed by atoms with Crippen LogP contribution in [0, 0.1) is 0 Å². The van der Waals surface area contributed by atoms with Gasteiger partial charge in [-0.05, 0) is 25.1 Å². The molecule has 1 saturated heterocycles. The fraction of sp³-hybridized carbons (Fsp3) is 0.381. The quantitative estimate of drug-likeness (QED) is 0.804.